The Labute approximate surface area is 91.4 Å². The molecule has 0 N–H and O–H groups in total. The molecule has 0 amide bonds. The van der Waals surface area contributed by atoms with E-state index in [1.165, 1.54) is 5.56 Å². The third-order valence-corrected chi connectivity index (χ3v) is 2.71. The van der Waals surface area contributed by atoms with E-state index in [0.717, 1.165) is 13.0 Å². The van der Waals surface area contributed by atoms with Crippen molar-refractivity contribution in [1.82, 2.24) is 9.88 Å². The van der Waals surface area contributed by atoms with Crippen molar-refractivity contribution < 1.29 is 0 Å². The first-order valence-electron chi connectivity index (χ1n) is 5.07. The molecule has 0 aliphatic carbocycles. The van der Waals surface area contributed by atoms with E-state index in [-0.39, 0.29) is 0 Å². The third-order valence-electron chi connectivity index (χ3n) is 2.71. The highest BCUT2D eigenvalue weighted by molar-refractivity contribution is 5.10. The van der Waals surface area contributed by atoms with E-state index in [1.54, 1.807) is 12.4 Å². The van der Waals surface area contributed by atoms with Gasteiger partial charge in [0.2, 0.25) is 0 Å². The average molecular weight is 203 g/mol. The van der Waals surface area contributed by atoms with Gasteiger partial charge < -0.3 is 0 Å². The van der Waals surface area contributed by atoms with Crippen molar-refractivity contribution in [2.24, 2.45) is 0 Å². The molecule has 0 saturated carbocycles. The normalized spacial score (nSPS) is 11.4. The van der Waals surface area contributed by atoms with E-state index in [1.807, 2.05) is 33.0 Å². The monoisotopic (exact) mass is 203 g/mol. The number of pyridine rings is 1. The number of likely N-dealkylation sites (N-methyl/N-ethyl adjacent to an activating group) is 1. The van der Waals surface area contributed by atoms with Gasteiger partial charge in [0.1, 0.15) is 5.54 Å². The largest absolute Gasteiger partial charge is 0.289 e. The lowest BCUT2D eigenvalue weighted by atomic mass is 10.1. The fourth-order valence-electron chi connectivity index (χ4n) is 1.21. The fourth-order valence-corrected chi connectivity index (χ4v) is 1.21. The highest BCUT2D eigenvalue weighted by Crippen LogP contribution is 2.11. The summed E-state index contributed by atoms with van der Waals surface area (Å²) in [5.74, 6) is 0. The minimum Gasteiger partial charge on any atom is -0.289 e. The van der Waals surface area contributed by atoms with Crippen molar-refractivity contribution in [3.05, 3.63) is 30.1 Å². The van der Waals surface area contributed by atoms with E-state index in [2.05, 4.69) is 16.0 Å². The Morgan fingerprint density at radius 2 is 2.00 bits per heavy atom. The van der Waals surface area contributed by atoms with Crippen molar-refractivity contribution in [2.75, 3.05) is 13.6 Å². The molecule has 1 rings (SSSR count). The average Bonchev–Trinajstić information content (AvgIpc) is 2.27. The summed E-state index contributed by atoms with van der Waals surface area (Å²) >= 11 is 0. The molecule has 80 valence electrons. The van der Waals surface area contributed by atoms with Gasteiger partial charge in [0.15, 0.2) is 0 Å². The van der Waals surface area contributed by atoms with Crippen molar-refractivity contribution in [2.45, 2.75) is 25.8 Å². The van der Waals surface area contributed by atoms with Crippen LogP contribution >= 0.6 is 0 Å². The smallest absolute Gasteiger partial charge is 0.103 e. The van der Waals surface area contributed by atoms with Crippen LogP contribution in [0.1, 0.15) is 19.4 Å². The van der Waals surface area contributed by atoms with Gasteiger partial charge in [-0.3, -0.25) is 9.88 Å². The lowest BCUT2D eigenvalue weighted by molar-refractivity contribution is 0.214. The second-order valence-electron chi connectivity index (χ2n) is 4.20. The maximum Gasteiger partial charge on any atom is 0.103 e. The number of aromatic nitrogens is 1. The molecule has 0 unspecified atom stereocenters. The van der Waals surface area contributed by atoms with Crippen LogP contribution < -0.4 is 0 Å². The Morgan fingerprint density at radius 1 is 1.40 bits per heavy atom. The Hall–Kier alpha value is -1.40. The van der Waals surface area contributed by atoms with Crippen LogP contribution in [0.4, 0.5) is 0 Å². The molecule has 0 aromatic carbocycles. The maximum atomic E-state index is 8.96. The Bertz CT molecular complexity index is 338. The molecule has 0 fully saturated rings. The summed E-state index contributed by atoms with van der Waals surface area (Å²) in [6.45, 7) is 4.74. The Balaban J connectivity index is 2.49. The molecule has 1 aromatic heterocycles. The molecule has 0 bridgehead atoms. The molecular weight excluding hydrogens is 186 g/mol. The van der Waals surface area contributed by atoms with Gasteiger partial charge in [-0.25, -0.2) is 0 Å². The molecule has 15 heavy (non-hydrogen) atoms. The highest BCUT2D eigenvalue weighted by atomic mass is 15.2. The zero-order valence-corrected chi connectivity index (χ0v) is 9.57. The van der Waals surface area contributed by atoms with Crippen LogP contribution in [0.25, 0.3) is 0 Å². The summed E-state index contributed by atoms with van der Waals surface area (Å²) in [4.78, 5) is 6.03. The van der Waals surface area contributed by atoms with Crippen molar-refractivity contribution in [3.63, 3.8) is 0 Å². The first-order chi connectivity index (χ1) is 7.06. The zero-order chi connectivity index (χ0) is 11.3. The molecule has 0 atom stereocenters. The molecule has 1 aromatic rings. The molecule has 3 heteroatoms. The third kappa shape index (κ3) is 3.34. The molecule has 3 nitrogen and oxygen atoms in total. The quantitative estimate of drug-likeness (QED) is 0.750. The van der Waals surface area contributed by atoms with Gasteiger partial charge in [0, 0.05) is 18.9 Å². The molecule has 0 saturated heterocycles. The van der Waals surface area contributed by atoms with Gasteiger partial charge in [0.25, 0.3) is 0 Å². The first-order valence-corrected chi connectivity index (χ1v) is 5.07. The summed E-state index contributed by atoms with van der Waals surface area (Å²) in [5, 5.41) is 8.96. The van der Waals surface area contributed by atoms with Gasteiger partial charge >= 0.3 is 0 Å². The summed E-state index contributed by atoms with van der Waals surface area (Å²) in [7, 11) is 1.98. The number of hydrogen-bond acceptors (Lipinski definition) is 3. The van der Waals surface area contributed by atoms with E-state index in [9.17, 15) is 0 Å². The van der Waals surface area contributed by atoms with Gasteiger partial charge in [-0.1, -0.05) is 0 Å². The van der Waals surface area contributed by atoms with E-state index in [4.69, 9.17) is 5.26 Å². The Morgan fingerprint density at radius 3 is 2.53 bits per heavy atom. The van der Waals surface area contributed by atoms with Crippen LogP contribution in [0.2, 0.25) is 0 Å². The standard InChI is InChI=1S/C12H17N3/c1-12(2,10-13)15(3)9-6-11-4-7-14-8-5-11/h4-5,7-8H,6,9H2,1-3H3. The number of hydrogen-bond donors (Lipinski definition) is 0. The predicted molar refractivity (Wildman–Crippen MR) is 60.3 cm³/mol. The Kier molecular flexibility index (Phi) is 3.81. The van der Waals surface area contributed by atoms with Gasteiger partial charge in [0.05, 0.1) is 6.07 Å². The van der Waals surface area contributed by atoms with Crippen molar-refractivity contribution in [3.8, 4) is 6.07 Å². The number of nitrogens with zero attached hydrogens (tertiary/aromatic N) is 3. The number of nitriles is 1. The summed E-state index contributed by atoms with van der Waals surface area (Å²) in [6.07, 6.45) is 4.54. The van der Waals surface area contributed by atoms with Crippen LogP contribution in [-0.4, -0.2) is 29.0 Å². The summed E-state index contributed by atoms with van der Waals surface area (Å²) in [5.41, 5.74) is 0.859. The van der Waals surface area contributed by atoms with Crippen LogP contribution in [-0.2, 0) is 6.42 Å². The molecule has 1 heterocycles. The number of rotatable bonds is 4. The van der Waals surface area contributed by atoms with Crippen LogP contribution in [0, 0.1) is 11.3 Å². The first kappa shape index (κ1) is 11.7. The van der Waals surface area contributed by atoms with Crippen molar-refractivity contribution >= 4 is 0 Å². The molecule has 0 aliphatic heterocycles. The lowest BCUT2D eigenvalue weighted by Gasteiger charge is -2.28. The van der Waals surface area contributed by atoms with Crippen LogP contribution in [0.15, 0.2) is 24.5 Å². The highest BCUT2D eigenvalue weighted by Gasteiger charge is 2.21. The maximum absolute atomic E-state index is 8.96. The minimum atomic E-state index is -0.396. The molecular formula is C12H17N3. The van der Waals surface area contributed by atoms with E-state index in [0.29, 0.717) is 0 Å². The molecule has 0 aliphatic rings. The van der Waals surface area contributed by atoms with Gasteiger partial charge in [-0.05, 0) is 45.0 Å². The van der Waals surface area contributed by atoms with E-state index < -0.39 is 5.54 Å². The van der Waals surface area contributed by atoms with E-state index >= 15 is 0 Å². The molecule has 0 radical (unpaired) electrons. The second-order valence-corrected chi connectivity index (χ2v) is 4.20. The predicted octanol–water partition coefficient (Wildman–Crippen LogP) is 1.86. The zero-order valence-electron chi connectivity index (χ0n) is 9.57. The fraction of sp³-hybridized carbons (Fsp3) is 0.500. The SMILES string of the molecule is CN(CCc1ccncc1)C(C)(C)C#N. The summed E-state index contributed by atoms with van der Waals surface area (Å²) in [6, 6.07) is 6.31. The molecule has 0 spiro atoms. The topological polar surface area (TPSA) is 39.9 Å². The second kappa shape index (κ2) is 4.90. The van der Waals surface area contributed by atoms with Gasteiger partial charge in [-0.15, -0.1) is 0 Å². The van der Waals surface area contributed by atoms with Crippen molar-refractivity contribution in [1.29, 1.82) is 5.26 Å². The minimum absolute atomic E-state index is 0.396. The summed E-state index contributed by atoms with van der Waals surface area (Å²) < 4.78 is 0. The van der Waals surface area contributed by atoms with Crippen LogP contribution in [0.3, 0.4) is 0 Å². The van der Waals surface area contributed by atoms with Gasteiger partial charge in [-0.2, -0.15) is 5.26 Å². The lowest BCUT2D eigenvalue weighted by Crippen LogP contribution is -2.40. The van der Waals surface area contributed by atoms with Crippen LogP contribution in [0.5, 0.6) is 0 Å².